The highest BCUT2D eigenvalue weighted by atomic mass is 33.1. The second-order valence-electron chi connectivity index (χ2n) is 4.54. The van der Waals surface area contributed by atoms with Gasteiger partial charge in [-0.05, 0) is 13.5 Å². The summed E-state index contributed by atoms with van der Waals surface area (Å²) in [5.41, 5.74) is 5.38. The van der Waals surface area contributed by atoms with Gasteiger partial charge in [0.15, 0.2) is 5.78 Å². The molecule has 0 aromatic carbocycles. The molecule has 0 heterocycles. The summed E-state index contributed by atoms with van der Waals surface area (Å²) in [4.78, 5) is 23.8. The molecule has 0 saturated carbocycles. The standard InChI is InChI=1S/C13H27N3O2S2/c1-4-10(2)13(18)11(15-3)9-12(17)16-6-8-20-19-7-5-14/h10-11,15H,4-9,14H2,1-3H3,(H,16,17). The molecule has 0 aromatic rings. The maximum absolute atomic E-state index is 12.0. The molecule has 5 nitrogen and oxygen atoms in total. The third-order valence-electron chi connectivity index (χ3n) is 2.97. The van der Waals surface area contributed by atoms with Crippen LogP contribution in [0.4, 0.5) is 0 Å². The lowest BCUT2D eigenvalue weighted by atomic mass is 9.95. The summed E-state index contributed by atoms with van der Waals surface area (Å²) in [7, 11) is 5.13. The van der Waals surface area contributed by atoms with E-state index in [-0.39, 0.29) is 30.1 Å². The Morgan fingerprint density at radius 3 is 2.45 bits per heavy atom. The van der Waals surface area contributed by atoms with Crippen LogP contribution in [0, 0.1) is 5.92 Å². The fourth-order valence-electron chi connectivity index (χ4n) is 1.55. The fraction of sp³-hybridized carbons (Fsp3) is 0.846. The highest BCUT2D eigenvalue weighted by molar-refractivity contribution is 8.76. The third kappa shape index (κ3) is 8.84. The molecule has 0 spiro atoms. The first-order valence-electron chi connectivity index (χ1n) is 6.98. The lowest BCUT2D eigenvalue weighted by Crippen LogP contribution is -2.42. The number of carbonyl (C=O) groups is 2. The number of rotatable bonds is 12. The molecule has 20 heavy (non-hydrogen) atoms. The SMILES string of the molecule is CCC(C)C(=O)C(CC(=O)NCCSSCCN)NC. The van der Waals surface area contributed by atoms with Gasteiger partial charge in [0.2, 0.25) is 5.91 Å². The van der Waals surface area contributed by atoms with Gasteiger partial charge in [-0.15, -0.1) is 0 Å². The summed E-state index contributed by atoms with van der Waals surface area (Å²) in [6.07, 6.45) is 1.01. The molecule has 0 radical (unpaired) electrons. The second-order valence-corrected chi connectivity index (χ2v) is 7.24. The van der Waals surface area contributed by atoms with E-state index in [2.05, 4.69) is 10.6 Å². The molecule has 0 aromatic heterocycles. The number of ketones is 1. The Labute approximate surface area is 130 Å². The Balaban J connectivity index is 3.89. The van der Waals surface area contributed by atoms with E-state index in [0.29, 0.717) is 13.1 Å². The molecule has 2 unspecified atom stereocenters. The number of carbonyl (C=O) groups excluding carboxylic acids is 2. The van der Waals surface area contributed by atoms with Gasteiger partial charge in [-0.1, -0.05) is 35.4 Å². The molecule has 1 amide bonds. The summed E-state index contributed by atoms with van der Waals surface area (Å²) < 4.78 is 0. The van der Waals surface area contributed by atoms with E-state index in [1.807, 2.05) is 13.8 Å². The molecule has 0 rings (SSSR count). The lowest BCUT2D eigenvalue weighted by Gasteiger charge is -2.18. The molecule has 118 valence electrons. The summed E-state index contributed by atoms with van der Waals surface area (Å²) in [5, 5.41) is 5.77. The molecule has 2 atom stereocenters. The van der Waals surface area contributed by atoms with Crippen LogP contribution in [-0.2, 0) is 9.59 Å². The van der Waals surface area contributed by atoms with Crippen LogP contribution in [0.1, 0.15) is 26.7 Å². The summed E-state index contributed by atoms with van der Waals surface area (Å²) in [6.45, 7) is 5.17. The van der Waals surface area contributed by atoms with Crippen molar-refractivity contribution >= 4 is 33.3 Å². The minimum atomic E-state index is -0.385. The van der Waals surface area contributed by atoms with Crippen molar-refractivity contribution in [2.75, 3.05) is 31.6 Å². The zero-order valence-electron chi connectivity index (χ0n) is 12.6. The van der Waals surface area contributed by atoms with Crippen LogP contribution in [0.25, 0.3) is 0 Å². The molecular weight excluding hydrogens is 294 g/mol. The Morgan fingerprint density at radius 1 is 1.25 bits per heavy atom. The highest BCUT2D eigenvalue weighted by Gasteiger charge is 2.23. The van der Waals surface area contributed by atoms with E-state index in [4.69, 9.17) is 5.73 Å². The molecule has 4 N–H and O–H groups in total. The normalized spacial score (nSPS) is 13.8. The van der Waals surface area contributed by atoms with Crippen molar-refractivity contribution in [2.24, 2.45) is 11.7 Å². The predicted molar refractivity (Wildman–Crippen MR) is 88.9 cm³/mol. The third-order valence-corrected chi connectivity index (χ3v) is 5.41. The molecule has 0 aliphatic rings. The lowest BCUT2D eigenvalue weighted by molar-refractivity contribution is -0.129. The number of hydrogen-bond donors (Lipinski definition) is 3. The van der Waals surface area contributed by atoms with Crippen molar-refractivity contribution in [1.82, 2.24) is 10.6 Å². The largest absolute Gasteiger partial charge is 0.355 e. The van der Waals surface area contributed by atoms with E-state index in [0.717, 1.165) is 17.9 Å². The van der Waals surface area contributed by atoms with Crippen LogP contribution in [0.3, 0.4) is 0 Å². The van der Waals surface area contributed by atoms with Gasteiger partial charge >= 0.3 is 0 Å². The highest BCUT2D eigenvalue weighted by Crippen LogP contribution is 2.18. The molecule has 0 aliphatic heterocycles. The van der Waals surface area contributed by atoms with E-state index < -0.39 is 0 Å². The zero-order valence-corrected chi connectivity index (χ0v) is 14.2. The number of amides is 1. The first-order valence-corrected chi connectivity index (χ1v) is 9.47. The van der Waals surface area contributed by atoms with Gasteiger partial charge < -0.3 is 16.4 Å². The van der Waals surface area contributed by atoms with E-state index in [1.54, 1.807) is 28.6 Å². The smallest absolute Gasteiger partial charge is 0.222 e. The van der Waals surface area contributed by atoms with Gasteiger partial charge in [0, 0.05) is 36.9 Å². The van der Waals surface area contributed by atoms with Gasteiger partial charge in [0.05, 0.1) is 6.04 Å². The Bertz CT molecular complexity index is 291. The van der Waals surface area contributed by atoms with Crippen molar-refractivity contribution < 1.29 is 9.59 Å². The molecule has 0 fully saturated rings. The number of hydrogen-bond acceptors (Lipinski definition) is 6. The van der Waals surface area contributed by atoms with Crippen LogP contribution in [0.15, 0.2) is 0 Å². The number of nitrogens with one attached hydrogen (secondary N) is 2. The first-order chi connectivity index (χ1) is 9.56. The zero-order chi connectivity index (χ0) is 15.4. The molecule has 0 aliphatic carbocycles. The first kappa shape index (κ1) is 19.8. The fourth-order valence-corrected chi connectivity index (χ4v) is 3.31. The van der Waals surface area contributed by atoms with Crippen molar-refractivity contribution in [3.05, 3.63) is 0 Å². The molecule has 7 heteroatoms. The number of nitrogens with two attached hydrogens (primary N) is 1. The van der Waals surface area contributed by atoms with Crippen LogP contribution in [0.5, 0.6) is 0 Å². The van der Waals surface area contributed by atoms with Crippen molar-refractivity contribution in [3.8, 4) is 0 Å². The van der Waals surface area contributed by atoms with Crippen LogP contribution < -0.4 is 16.4 Å². The number of Topliss-reactive ketones (excluding diaryl/α,β-unsaturated/α-hetero) is 1. The average molecular weight is 322 g/mol. The monoisotopic (exact) mass is 321 g/mol. The van der Waals surface area contributed by atoms with Crippen molar-refractivity contribution in [2.45, 2.75) is 32.7 Å². The van der Waals surface area contributed by atoms with Gasteiger partial charge in [-0.2, -0.15) is 0 Å². The summed E-state index contributed by atoms with van der Waals surface area (Å²) >= 11 is 0. The van der Waals surface area contributed by atoms with Crippen LogP contribution in [0.2, 0.25) is 0 Å². The Hall–Kier alpha value is -0.240. The minimum Gasteiger partial charge on any atom is -0.355 e. The Morgan fingerprint density at radius 2 is 1.90 bits per heavy atom. The molecular formula is C13H27N3O2S2. The topological polar surface area (TPSA) is 84.2 Å². The summed E-state index contributed by atoms with van der Waals surface area (Å²) in [5.74, 6) is 1.79. The van der Waals surface area contributed by atoms with E-state index >= 15 is 0 Å². The van der Waals surface area contributed by atoms with Crippen LogP contribution in [-0.4, -0.2) is 49.4 Å². The molecule has 0 saturated heterocycles. The van der Waals surface area contributed by atoms with Gasteiger partial charge in [0.25, 0.3) is 0 Å². The van der Waals surface area contributed by atoms with Crippen molar-refractivity contribution in [1.29, 1.82) is 0 Å². The van der Waals surface area contributed by atoms with Gasteiger partial charge in [-0.25, -0.2) is 0 Å². The second kappa shape index (κ2) is 12.5. The predicted octanol–water partition coefficient (Wildman–Crippen LogP) is 1.04. The van der Waals surface area contributed by atoms with Crippen molar-refractivity contribution in [3.63, 3.8) is 0 Å². The Kier molecular flexibility index (Phi) is 12.3. The van der Waals surface area contributed by atoms with E-state index in [9.17, 15) is 9.59 Å². The minimum absolute atomic E-state index is 0.0107. The van der Waals surface area contributed by atoms with Gasteiger partial charge in [-0.3, -0.25) is 9.59 Å². The van der Waals surface area contributed by atoms with Gasteiger partial charge in [0.1, 0.15) is 0 Å². The summed E-state index contributed by atoms with van der Waals surface area (Å²) in [6, 6.07) is -0.385. The average Bonchev–Trinajstić information content (AvgIpc) is 2.46. The van der Waals surface area contributed by atoms with Crippen LogP contribution >= 0.6 is 21.6 Å². The number of likely N-dealkylation sites (N-methyl/N-ethyl adjacent to an activating group) is 1. The maximum atomic E-state index is 12.0. The quantitative estimate of drug-likeness (QED) is 0.368. The molecule has 0 bridgehead atoms. The maximum Gasteiger partial charge on any atom is 0.222 e. The van der Waals surface area contributed by atoms with E-state index in [1.165, 1.54) is 0 Å².